The van der Waals surface area contributed by atoms with Crippen molar-refractivity contribution in [1.82, 2.24) is 0 Å². The van der Waals surface area contributed by atoms with Crippen LogP contribution in [0.3, 0.4) is 0 Å². The highest BCUT2D eigenvalue weighted by atomic mass is 16.5. The largest absolute Gasteiger partial charge is 0.504 e. The zero-order valence-corrected chi connectivity index (χ0v) is 27.5. The van der Waals surface area contributed by atoms with Crippen LogP contribution < -0.4 is 33.2 Å². The van der Waals surface area contributed by atoms with Crippen LogP contribution >= 0.6 is 0 Å². The summed E-state index contributed by atoms with van der Waals surface area (Å²) in [6.45, 7) is 0. The Morgan fingerprint density at radius 1 is 0.468 bits per heavy atom. The summed E-state index contributed by atoms with van der Waals surface area (Å²) in [6, 6.07) is 12.4. The molecule has 248 valence electrons. The molecule has 0 amide bonds. The van der Waals surface area contributed by atoms with E-state index in [4.69, 9.17) is 37.9 Å². The smallest absolute Gasteiger partial charge is 0.221 e. The maximum absolute atomic E-state index is 12.0. The average molecular weight is 647 g/mol. The van der Waals surface area contributed by atoms with Crippen LogP contribution in [0.15, 0.2) is 72.0 Å². The fourth-order valence-electron chi connectivity index (χ4n) is 4.43. The van der Waals surface area contributed by atoms with E-state index >= 15 is 0 Å². The number of carbonyl (C=O) groups is 2. The third kappa shape index (κ3) is 8.88. The third-order valence-electron chi connectivity index (χ3n) is 6.80. The number of hydrogen-bond donors (Lipinski definition) is 1. The van der Waals surface area contributed by atoms with E-state index in [1.54, 1.807) is 57.7 Å². The molecule has 4 rings (SSSR count). The molecule has 3 aromatic carbocycles. The molecule has 0 aromatic heterocycles. The minimum absolute atomic E-state index is 0.0323. The summed E-state index contributed by atoms with van der Waals surface area (Å²) in [7, 11) is 12.1. The van der Waals surface area contributed by atoms with Crippen LogP contribution in [0, 0.1) is 0 Å². The highest BCUT2D eigenvalue weighted by molar-refractivity contribution is 6.20. The monoisotopic (exact) mass is 646 g/mol. The molecule has 0 spiro atoms. The van der Waals surface area contributed by atoms with Gasteiger partial charge < -0.3 is 43.0 Å². The number of rotatable bonds is 12. The molecule has 0 fully saturated rings. The first kappa shape index (κ1) is 35.6. The minimum Gasteiger partial charge on any atom is -0.504 e. The Labute approximate surface area is 273 Å². The Bertz CT molecular complexity index is 1660. The molecule has 0 aliphatic heterocycles. The number of phenols is 1. The number of benzene rings is 3. The average Bonchev–Trinajstić information content (AvgIpc) is 3.09. The predicted octanol–water partition coefficient (Wildman–Crippen LogP) is 5.93. The van der Waals surface area contributed by atoms with Crippen LogP contribution in [0.5, 0.6) is 46.0 Å². The SMILES string of the molecule is COC1=CC(=O)C(/C=C\c2cc(OC)c(OC)c(OC)c2)=CC1=O.COc1ccc(/C=C\c2cc(OC)c(OC)c(OC)c2)cc1O. The molecule has 0 radical (unpaired) electrons. The lowest BCUT2D eigenvalue weighted by atomic mass is 10.0. The number of methoxy groups -OCH3 is 8. The quantitative estimate of drug-likeness (QED) is 0.186. The van der Waals surface area contributed by atoms with Crippen molar-refractivity contribution in [2.45, 2.75) is 0 Å². The van der Waals surface area contributed by atoms with Gasteiger partial charge in [-0.2, -0.15) is 0 Å². The van der Waals surface area contributed by atoms with Crippen LogP contribution in [-0.4, -0.2) is 73.6 Å². The van der Waals surface area contributed by atoms with E-state index in [0.29, 0.717) is 40.2 Å². The highest BCUT2D eigenvalue weighted by Gasteiger charge is 2.19. The van der Waals surface area contributed by atoms with Crippen LogP contribution in [0.1, 0.15) is 16.7 Å². The van der Waals surface area contributed by atoms with Gasteiger partial charge in [-0.25, -0.2) is 0 Å². The molecule has 3 aromatic rings. The zero-order valence-electron chi connectivity index (χ0n) is 27.5. The summed E-state index contributed by atoms with van der Waals surface area (Å²) in [4.78, 5) is 23.7. The highest BCUT2D eigenvalue weighted by Crippen LogP contribution is 2.40. The van der Waals surface area contributed by atoms with Crippen molar-refractivity contribution in [3.05, 3.63) is 88.7 Å². The van der Waals surface area contributed by atoms with E-state index in [1.165, 1.54) is 47.7 Å². The molecule has 1 aliphatic carbocycles. The standard InChI is InChI=1S/C18H18O6.C18H20O5/c1-21-15-10-13(19)12(9-14(15)20)6-5-11-7-16(22-2)18(24-4)17(8-11)23-3;1-20-15-8-7-12(9-14(15)19)5-6-13-10-16(21-2)18(23-4)17(11-13)22-3/h5-10H,1-4H3;5-11,19H,1-4H3/b2*6-5-. The number of aromatic hydroxyl groups is 1. The molecule has 0 unspecified atom stereocenters. The van der Waals surface area contributed by atoms with Crippen molar-refractivity contribution in [2.75, 3.05) is 56.9 Å². The lowest BCUT2D eigenvalue weighted by Gasteiger charge is -2.13. The van der Waals surface area contributed by atoms with Gasteiger partial charge in [0.05, 0.1) is 56.9 Å². The van der Waals surface area contributed by atoms with Gasteiger partial charge in [-0.15, -0.1) is 0 Å². The van der Waals surface area contributed by atoms with E-state index in [2.05, 4.69) is 0 Å². The van der Waals surface area contributed by atoms with Crippen LogP contribution in [0.2, 0.25) is 0 Å². The summed E-state index contributed by atoms with van der Waals surface area (Å²) in [5.74, 6) is 3.13. The summed E-state index contributed by atoms with van der Waals surface area (Å²) >= 11 is 0. The molecule has 0 heterocycles. The normalized spacial score (nSPS) is 12.5. The fourth-order valence-corrected chi connectivity index (χ4v) is 4.43. The molecule has 11 nitrogen and oxygen atoms in total. The second kappa shape index (κ2) is 17.0. The first-order chi connectivity index (χ1) is 22.7. The number of ketones is 2. The first-order valence-electron chi connectivity index (χ1n) is 14.1. The van der Waals surface area contributed by atoms with Gasteiger partial charge in [0, 0.05) is 17.7 Å². The van der Waals surface area contributed by atoms with Gasteiger partial charge in [-0.05, 0) is 53.1 Å². The first-order valence-corrected chi connectivity index (χ1v) is 14.1. The van der Waals surface area contributed by atoms with E-state index in [0.717, 1.165) is 16.7 Å². The lowest BCUT2D eigenvalue weighted by molar-refractivity contribution is -0.117. The van der Waals surface area contributed by atoms with Crippen molar-refractivity contribution in [1.29, 1.82) is 0 Å². The van der Waals surface area contributed by atoms with Gasteiger partial charge in [0.2, 0.25) is 17.3 Å². The van der Waals surface area contributed by atoms with E-state index in [-0.39, 0.29) is 28.6 Å². The Kier molecular flexibility index (Phi) is 12.9. The number of hydrogen-bond acceptors (Lipinski definition) is 11. The number of allylic oxidation sites excluding steroid dienone is 4. The summed E-state index contributed by atoms with van der Waals surface area (Å²) in [5.41, 5.74) is 2.73. The lowest BCUT2D eigenvalue weighted by Crippen LogP contribution is -2.13. The van der Waals surface area contributed by atoms with E-state index in [1.807, 2.05) is 30.4 Å². The van der Waals surface area contributed by atoms with Gasteiger partial charge >= 0.3 is 0 Å². The third-order valence-corrected chi connectivity index (χ3v) is 6.80. The molecule has 1 aliphatic rings. The van der Waals surface area contributed by atoms with Gasteiger partial charge in [-0.1, -0.05) is 30.4 Å². The fraction of sp³-hybridized carbons (Fsp3) is 0.222. The van der Waals surface area contributed by atoms with Gasteiger partial charge in [0.15, 0.2) is 46.0 Å². The Morgan fingerprint density at radius 2 is 0.915 bits per heavy atom. The maximum atomic E-state index is 12.0. The number of carbonyl (C=O) groups excluding carboxylic acids is 2. The predicted molar refractivity (Wildman–Crippen MR) is 178 cm³/mol. The maximum Gasteiger partial charge on any atom is 0.221 e. The molecular weight excluding hydrogens is 608 g/mol. The topological polar surface area (TPSA) is 128 Å². The van der Waals surface area contributed by atoms with E-state index < -0.39 is 0 Å². The Balaban J connectivity index is 0.000000256. The zero-order chi connectivity index (χ0) is 34.5. The number of ether oxygens (including phenoxy) is 8. The second-order valence-electron chi connectivity index (χ2n) is 9.56. The van der Waals surface area contributed by atoms with Crippen molar-refractivity contribution in [3.63, 3.8) is 0 Å². The Morgan fingerprint density at radius 3 is 1.32 bits per heavy atom. The van der Waals surface area contributed by atoms with E-state index in [9.17, 15) is 14.7 Å². The van der Waals surface area contributed by atoms with Crippen LogP contribution in [-0.2, 0) is 14.3 Å². The molecule has 47 heavy (non-hydrogen) atoms. The van der Waals surface area contributed by atoms with Gasteiger partial charge in [-0.3, -0.25) is 9.59 Å². The van der Waals surface area contributed by atoms with Crippen molar-refractivity contribution in [2.24, 2.45) is 0 Å². The molecular formula is C36H38O11. The van der Waals surface area contributed by atoms with Crippen molar-refractivity contribution >= 4 is 29.8 Å². The van der Waals surface area contributed by atoms with Crippen LogP contribution in [0.4, 0.5) is 0 Å². The summed E-state index contributed by atoms with van der Waals surface area (Å²) < 4.78 is 41.6. The summed E-state index contributed by atoms with van der Waals surface area (Å²) in [6.07, 6.45) is 9.44. The van der Waals surface area contributed by atoms with Gasteiger partial charge in [0.25, 0.3) is 0 Å². The van der Waals surface area contributed by atoms with Crippen molar-refractivity contribution < 1.29 is 52.6 Å². The molecule has 11 heteroatoms. The van der Waals surface area contributed by atoms with Crippen molar-refractivity contribution in [3.8, 4) is 46.0 Å². The molecule has 0 saturated carbocycles. The Hall–Kier alpha value is -5.84. The second-order valence-corrected chi connectivity index (χ2v) is 9.56. The number of phenolic OH excluding ortho intramolecular Hbond substituents is 1. The molecule has 1 N–H and O–H groups in total. The molecule has 0 bridgehead atoms. The minimum atomic E-state index is -0.346. The summed E-state index contributed by atoms with van der Waals surface area (Å²) in [5, 5.41) is 9.81. The molecule has 0 saturated heterocycles. The molecule has 0 atom stereocenters. The van der Waals surface area contributed by atoms with Gasteiger partial charge in [0.1, 0.15) is 0 Å². The van der Waals surface area contributed by atoms with Crippen LogP contribution in [0.25, 0.3) is 18.2 Å².